The molecule has 0 saturated heterocycles. The minimum absolute atomic E-state index is 0.0275. The molecular weight excluding hydrogens is 345 g/mol. The SMILES string of the molecule is CC(NC(=O)NCC1Cc2ccccc2O1)c1ccccc1C(F)(F)F. The van der Waals surface area contributed by atoms with Gasteiger partial charge >= 0.3 is 12.2 Å². The van der Waals surface area contributed by atoms with E-state index in [2.05, 4.69) is 10.6 Å². The molecule has 1 heterocycles. The van der Waals surface area contributed by atoms with Gasteiger partial charge in [0, 0.05) is 6.42 Å². The van der Waals surface area contributed by atoms with Gasteiger partial charge in [-0.05, 0) is 30.2 Å². The summed E-state index contributed by atoms with van der Waals surface area (Å²) in [7, 11) is 0. The van der Waals surface area contributed by atoms with E-state index in [0.717, 1.165) is 17.4 Å². The lowest BCUT2D eigenvalue weighted by molar-refractivity contribution is -0.138. The van der Waals surface area contributed by atoms with Crippen molar-refractivity contribution in [2.75, 3.05) is 6.54 Å². The highest BCUT2D eigenvalue weighted by atomic mass is 19.4. The van der Waals surface area contributed by atoms with Crippen LogP contribution in [-0.2, 0) is 12.6 Å². The highest BCUT2D eigenvalue weighted by Gasteiger charge is 2.34. The molecule has 2 unspecified atom stereocenters. The number of nitrogens with one attached hydrogen (secondary N) is 2. The summed E-state index contributed by atoms with van der Waals surface area (Å²) in [5, 5.41) is 5.21. The van der Waals surface area contributed by atoms with Crippen LogP contribution in [0.5, 0.6) is 5.75 Å². The van der Waals surface area contributed by atoms with E-state index in [1.54, 1.807) is 0 Å². The molecule has 26 heavy (non-hydrogen) atoms. The molecule has 1 aliphatic heterocycles. The fourth-order valence-electron chi connectivity index (χ4n) is 3.03. The number of para-hydroxylation sites is 1. The maximum absolute atomic E-state index is 13.1. The van der Waals surface area contributed by atoms with Crippen molar-refractivity contribution in [3.63, 3.8) is 0 Å². The predicted molar refractivity (Wildman–Crippen MR) is 91.0 cm³/mol. The Morgan fingerprint density at radius 2 is 1.88 bits per heavy atom. The molecule has 0 radical (unpaired) electrons. The first-order chi connectivity index (χ1) is 12.3. The first kappa shape index (κ1) is 18.1. The minimum atomic E-state index is -4.47. The quantitative estimate of drug-likeness (QED) is 0.859. The summed E-state index contributed by atoms with van der Waals surface area (Å²) < 4.78 is 45.0. The molecule has 0 saturated carbocycles. The van der Waals surface area contributed by atoms with Crippen molar-refractivity contribution in [1.29, 1.82) is 0 Å². The average molecular weight is 364 g/mol. The molecule has 3 rings (SSSR count). The Kier molecular flexibility index (Phi) is 5.06. The summed E-state index contributed by atoms with van der Waals surface area (Å²) in [6, 6.07) is 11.5. The molecule has 0 aromatic heterocycles. The maximum atomic E-state index is 13.1. The number of carbonyl (C=O) groups excluding carboxylic acids is 1. The Balaban J connectivity index is 1.55. The fourth-order valence-corrected chi connectivity index (χ4v) is 3.03. The number of alkyl halides is 3. The number of urea groups is 1. The second kappa shape index (κ2) is 7.27. The zero-order chi connectivity index (χ0) is 18.7. The van der Waals surface area contributed by atoms with Gasteiger partial charge in [-0.2, -0.15) is 13.2 Å². The summed E-state index contributed by atoms with van der Waals surface area (Å²) in [5.41, 5.74) is 0.356. The Morgan fingerprint density at radius 3 is 2.62 bits per heavy atom. The second-order valence-electron chi connectivity index (χ2n) is 6.21. The Bertz CT molecular complexity index is 767. The number of rotatable bonds is 4. The van der Waals surface area contributed by atoms with Gasteiger partial charge in [0.1, 0.15) is 11.9 Å². The highest BCUT2D eigenvalue weighted by molar-refractivity contribution is 5.74. The number of hydrogen-bond donors (Lipinski definition) is 2. The number of halogens is 3. The van der Waals surface area contributed by atoms with Gasteiger partial charge in [-0.3, -0.25) is 0 Å². The molecule has 7 heteroatoms. The fraction of sp³-hybridized carbons (Fsp3) is 0.316. The molecule has 2 amide bonds. The maximum Gasteiger partial charge on any atom is 0.416 e. The zero-order valence-corrected chi connectivity index (χ0v) is 14.1. The van der Waals surface area contributed by atoms with E-state index in [1.807, 2.05) is 24.3 Å². The van der Waals surface area contributed by atoms with Gasteiger partial charge in [0.25, 0.3) is 0 Å². The lowest BCUT2D eigenvalue weighted by atomic mass is 10.0. The smallest absolute Gasteiger partial charge is 0.416 e. The Hall–Kier alpha value is -2.70. The van der Waals surface area contributed by atoms with Crippen molar-refractivity contribution in [3.05, 3.63) is 65.2 Å². The first-order valence-electron chi connectivity index (χ1n) is 8.29. The third-order valence-electron chi connectivity index (χ3n) is 4.28. The van der Waals surface area contributed by atoms with Gasteiger partial charge in [0.15, 0.2) is 0 Å². The Morgan fingerprint density at radius 1 is 1.19 bits per heavy atom. The molecule has 2 aromatic rings. The van der Waals surface area contributed by atoms with Crippen molar-refractivity contribution >= 4 is 6.03 Å². The number of hydrogen-bond acceptors (Lipinski definition) is 2. The lowest BCUT2D eigenvalue weighted by Crippen LogP contribution is -2.42. The molecule has 0 aliphatic carbocycles. The number of benzene rings is 2. The monoisotopic (exact) mass is 364 g/mol. The van der Waals surface area contributed by atoms with Crippen LogP contribution < -0.4 is 15.4 Å². The van der Waals surface area contributed by atoms with Crippen LogP contribution in [0, 0.1) is 0 Å². The van der Waals surface area contributed by atoms with Crippen LogP contribution in [0.4, 0.5) is 18.0 Å². The van der Waals surface area contributed by atoms with Crippen LogP contribution >= 0.6 is 0 Å². The van der Waals surface area contributed by atoms with Crippen molar-refractivity contribution in [2.45, 2.75) is 31.7 Å². The van der Waals surface area contributed by atoms with Crippen molar-refractivity contribution in [1.82, 2.24) is 10.6 Å². The molecule has 2 atom stereocenters. The van der Waals surface area contributed by atoms with Gasteiger partial charge in [-0.1, -0.05) is 36.4 Å². The topological polar surface area (TPSA) is 50.4 Å². The molecule has 1 aliphatic rings. The van der Waals surface area contributed by atoms with Crippen molar-refractivity contribution in [3.8, 4) is 5.75 Å². The van der Waals surface area contributed by atoms with Gasteiger partial charge < -0.3 is 15.4 Å². The van der Waals surface area contributed by atoms with E-state index in [0.29, 0.717) is 6.42 Å². The number of amides is 2. The van der Waals surface area contributed by atoms with E-state index < -0.39 is 23.8 Å². The largest absolute Gasteiger partial charge is 0.488 e. The molecule has 2 aromatic carbocycles. The molecule has 0 bridgehead atoms. The summed E-state index contributed by atoms with van der Waals surface area (Å²) in [6.45, 7) is 1.79. The van der Waals surface area contributed by atoms with Crippen LogP contribution in [0.1, 0.15) is 29.7 Å². The normalized spacial score (nSPS) is 17.2. The predicted octanol–water partition coefficient (Wildman–Crippen LogP) is 4.07. The van der Waals surface area contributed by atoms with Gasteiger partial charge in [-0.25, -0.2) is 4.79 Å². The van der Waals surface area contributed by atoms with E-state index >= 15 is 0 Å². The van der Waals surface area contributed by atoms with Crippen LogP contribution in [0.15, 0.2) is 48.5 Å². The summed E-state index contributed by atoms with van der Waals surface area (Å²) in [6.07, 6.45) is -3.97. The highest BCUT2D eigenvalue weighted by Crippen LogP contribution is 2.34. The second-order valence-corrected chi connectivity index (χ2v) is 6.21. The van der Waals surface area contributed by atoms with Gasteiger partial charge in [0.05, 0.1) is 18.2 Å². The molecule has 2 N–H and O–H groups in total. The zero-order valence-electron chi connectivity index (χ0n) is 14.1. The molecular formula is C19H19F3N2O2. The standard InChI is InChI=1S/C19H19F3N2O2/c1-12(15-7-3-4-8-16(15)19(20,21)22)24-18(25)23-11-14-10-13-6-2-5-9-17(13)26-14/h2-9,12,14H,10-11H2,1H3,(H2,23,24,25). The van der Waals surface area contributed by atoms with Gasteiger partial charge in [-0.15, -0.1) is 0 Å². The summed E-state index contributed by atoms with van der Waals surface area (Å²) in [4.78, 5) is 12.1. The van der Waals surface area contributed by atoms with Crippen molar-refractivity contribution < 1.29 is 22.7 Å². The molecule has 138 valence electrons. The molecule has 0 fully saturated rings. The van der Waals surface area contributed by atoms with E-state index in [4.69, 9.17) is 4.74 Å². The lowest BCUT2D eigenvalue weighted by Gasteiger charge is -2.20. The number of fused-ring (bicyclic) bond motifs is 1. The average Bonchev–Trinajstić information content (AvgIpc) is 3.02. The minimum Gasteiger partial charge on any atom is -0.488 e. The van der Waals surface area contributed by atoms with Crippen LogP contribution in [0.2, 0.25) is 0 Å². The van der Waals surface area contributed by atoms with E-state index in [1.165, 1.54) is 25.1 Å². The summed E-state index contributed by atoms with van der Waals surface area (Å²) in [5.74, 6) is 0.798. The van der Waals surface area contributed by atoms with Crippen molar-refractivity contribution in [2.24, 2.45) is 0 Å². The van der Waals surface area contributed by atoms with Gasteiger partial charge in [0.2, 0.25) is 0 Å². The third kappa shape index (κ3) is 4.09. The van der Waals surface area contributed by atoms with Crippen LogP contribution in [0.25, 0.3) is 0 Å². The summed E-state index contributed by atoms with van der Waals surface area (Å²) >= 11 is 0. The third-order valence-corrected chi connectivity index (χ3v) is 4.28. The van der Waals surface area contributed by atoms with E-state index in [9.17, 15) is 18.0 Å². The first-order valence-corrected chi connectivity index (χ1v) is 8.29. The van der Waals surface area contributed by atoms with E-state index in [-0.39, 0.29) is 18.2 Å². The van der Waals surface area contributed by atoms with Crippen LogP contribution in [0.3, 0.4) is 0 Å². The molecule has 4 nitrogen and oxygen atoms in total. The molecule has 0 spiro atoms. The Labute approximate surface area is 149 Å². The number of carbonyl (C=O) groups is 1. The van der Waals surface area contributed by atoms with Crippen LogP contribution in [-0.4, -0.2) is 18.7 Å². The number of ether oxygens (including phenoxy) is 1.